The summed E-state index contributed by atoms with van der Waals surface area (Å²) in [6.45, 7) is -0.247. The second-order valence-corrected chi connectivity index (χ2v) is 6.55. The maximum Gasteiger partial charge on any atom is 0.258 e. The molecule has 33 heavy (non-hydrogen) atoms. The van der Waals surface area contributed by atoms with Gasteiger partial charge in [0.2, 0.25) is 0 Å². The minimum atomic E-state index is -1.03. The first-order chi connectivity index (χ1) is 15.9. The van der Waals surface area contributed by atoms with Crippen molar-refractivity contribution in [3.05, 3.63) is 78.1 Å². The summed E-state index contributed by atoms with van der Waals surface area (Å²) < 4.78 is 18.7. The molecule has 0 aliphatic rings. The predicted molar refractivity (Wildman–Crippen MR) is 124 cm³/mol. The number of rotatable bonds is 6. The van der Waals surface area contributed by atoms with Crippen LogP contribution in [0.4, 0.5) is 10.1 Å². The van der Waals surface area contributed by atoms with E-state index in [9.17, 15) is 19.4 Å². The standard InChI is InChI=1S/C23H18FNO4.C3H4O/c1-2-13-29-22(15-7-10-17(24)11-8-15)23(28)25-19-6-4-3-5-18(19)16-9-12-20(26)21(27)14-16;1-2-3-4/h1,3-12,14,22,26-27H,13H2,(H,25,28);1,4H,3H2. The van der Waals surface area contributed by atoms with E-state index in [2.05, 4.69) is 17.7 Å². The van der Waals surface area contributed by atoms with Crippen molar-refractivity contribution >= 4 is 11.6 Å². The van der Waals surface area contributed by atoms with Gasteiger partial charge in [-0.2, -0.15) is 0 Å². The summed E-state index contributed by atoms with van der Waals surface area (Å²) in [5.41, 5.74) is 2.16. The number of para-hydroxylation sites is 1. The molecule has 1 unspecified atom stereocenters. The summed E-state index contributed by atoms with van der Waals surface area (Å²) in [7, 11) is 0. The van der Waals surface area contributed by atoms with Gasteiger partial charge in [0.15, 0.2) is 17.6 Å². The minimum absolute atomic E-state index is 0.0943. The molecule has 0 aliphatic carbocycles. The number of amides is 1. The van der Waals surface area contributed by atoms with E-state index in [0.29, 0.717) is 22.4 Å². The van der Waals surface area contributed by atoms with Crippen LogP contribution in [0, 0.1) is 30.5 Å². The Morgan fingerprint density at radius 3 is 2.27 bits per heavy atom. The molecule has 0 spiro atoms. The smallest absolute Gasteiger partial charge is 0.258 e. The van der Waals surface area contributed by atoms with Crippen molar-refractivity contribution in [1.82, 2.24) is 0 Å². The van der Waals surface area contributed by atoms with Gasteiger partial charge >= 0.3 is 0 Å². The van der Waals surface area contributed by atoms with Crippen LogP contribution >= 0.6 is 0 Å². The van der Waals surface area contributed by atoms with Crippen LogP contribution in [-0.4, -0.2) is 34.4 Å². The highest BCUT2D eigenvalue weighted by Gasteiger charge is 2.22. The van der Waals surface area contributed by atoms with E-state index < -0.39 is 17.8 Å². The number of benzene rings is 3. The lowest BCUT2D eigenvalue weighted by atomic mass is 10.0. The van der Waals surface area contributed by atoms with Crippen molar-refractivity contribution in [1.29, 1.82) is 0 Å². The number of phenolic OH excluding ortho intramolecular Hbond substituents is 2. The van der Waals surface area contributed by atoms with E-state index in [1.54, 1.807) is 30.3 Å². The number of hydrogen-bond acceptors (Lipinski definition) is 5. The molecule has 0 saturated heterocycles. The van der Waals surface area contributed by atoms with Crippen LogP contribution in [0.2, 0.25) is 0 Å². The molecule has 0 saturated carbocycles. The average molecular weight is 447 g/mol. The number of ether oxygens (including phenoxy) is 1. The highest BCUT2D eigenvalue weighted by Crippen LogP contribution is 2.34. The number of carbonyl (C=O) groups is 1. The normalized spacial score (nSPS) is 10.7. The van der Waals surface area contributed by atoms with Crippen molar-refractivity contribution in [3.63, 3.8) is 0 Å². The third-order valence-electron chi connectivity index (χ3n) is 4.31. The zero-order valence-corrected chi connectivity index (χ0v) is 17.5. The fourth-order valence-electron chi connectivity index (χ4n) is 2.83. The molecular formula is C26H22FNO5. The third-order valence-corrected chi connectivity index (χ3v) is 4.31. The number of nitrogens with one attached hydrogen (secondary N) is 1. The molecule has 3 aromatic carbocycles. The molecule has 3 aromatic rings. The third kappa shape index (κ3) is 7.12. The molecule has 1 amide bonds. The SMILES string of the molecule is C#CCO.C#CCOC(C(=O)Nc1ccccc1-c1ccc(O)c(O)c1)c1ccc(F)cc1. The molecule has 7 heteroatoms. The van der Waals surface area contributed by atoms with Gasteiger partial charge in [-0.05, 0) is 41.5 Å². The molecule has 1 atom stereocenters. The first-order valence-corrected chi connectivity index (χ1v) is 9.68. The largest absolute Gasteiger partial charge is 0.504 e. The number of hydrogen-bond donors (Lipinski definition) is 4. The van der Waals surface area contributed by atoms with Crippen LogP contribution in [-0.2, 0) is 9.53 Å². The Labute approximate surface area is 191 Å². The first-order valence-electron chi connectivity index (χ1n) is 9.68. The molecule has 0 bridgehead atoms. The van der Waals surface area contributed by atoms with E-state index in [1.165, 1.54) is 36.4 Å². The van der Waals surface area contributed by atoms with Gasteiger partial charge in [-0.1, -0.05) is 48.2 Å². The monoisotopic (exact) mass is 447 g/mol. The number of phenols is 2. The molecule has 0 aliphatic heterocycles. The summed E-state index contributed by atoms with van der Waals surface area (Å²) >= 11 is 0. The Kier molecular flexibility index (Phi) is 9.48. The molecule has 4 N–H and O–H groups in total. The van der Waals surface area contributed by atoms with Crippen LogP contribution in [0.15, 0.2) is 66.7 Å². The van der Waals surface area contributed by atoms with Gasteiger partial charge < -0.3 is 25.4 Å². The lowest BCUT2D eigenvalue weighted by Crippen LogP contribution is -2.24. The topological polar surface area (TPSA) is 99.0 Å². The van der Waals surface area contributed by atoms with Gasteiger partial charge in [0.05, 0.1) is 0 Å². The number of halogens is 1. The Morgan fingerprint density at radius 1 is 1.00 bits per heavy atom. The highest BCUT2D eigenvalue weighted by atomic mass is 19.1. The van der Waals surface area contributed by atoms with Crippen molar-refractivity contribution in [2.24, 2.45) is 0 Å². The van der Waals surface area contributed by atoms with Crippen LogP contribution in [0.1, 0.15) is 11.7 Å². The maximum atomic E-state index is 13.2. The molecule has 0 fully saturated rings. The van der Waals surface area contributed by atoms with Crippen molar-refractivity contribution in [2.45, 2.75) is 6.10 Å². The number of terminal acetylenes is 2. The van der Waals surface area contributed by atoms with E-state index in [4.69, 9.17) is 16.3 Å². The minimum Gasteiger partial charge on any atom is -0.504 e. The quantitative estimate of drug-likeness (QED) is 0.340. The van der Waals surface area contributed by atoms with Crippen LogP contribution in [0.3, 0.4) is 0 Å². The second-order valence-electron chi connectivity index (χ2n) is 6.55. The van der Waals surface area contributed by atoms with Gasteiger partial charge in [-0.3, -0.25) is 4.79 Å². The first kappa shape index (κ1) is 25.0. The fourth-order valence-corrected chi connectivity index (χ4v) is 2.83. The van der Waals surface area contributed by atoms with Gasteiger partial charge in [0.25, 0.3) is 5.91 Å². The van der Waals surface area contributed by atoms with Crippen molar-refractivity contribution in [3.8, 4) is 47.3 Å². The van der Waals surface area contributed by atoms with Gasteiger partial charge in [0.1, 0.15) is 19.0 Å². The van der Waals surface area contributed by atoms with E-state index in [0.717, 1.165) is 0 Å². The number of aromatic hydroxyl groups is 2. The van der Waals surface area contributed by atoms with Crippen LogP contribution in [0.5, 0.6) is 11.5 Å². The van der Waals surface area contributed by atoms with E-state index in [1.807, 2.05) is 5.92 Å². The summed E-state index contributed by atoms with van der Waals surface area (Å²) in [6, 6.07) is 16.7. The highest BCUT2D eigenvalue weighted by molar-refractivity contribution is 5.98. The molecule has 168 valence electrons. The van der Waals surface area contributed by atoms with Crippen LogP contribution < -0.4 is 5.32 Å². The molecule has 3 rings (SSSR count). The molecule has 0 heterocycles. The Balaban J connectivity index is 0.000000890. The Hall–Kier alpha value is -4.30. The Bertz CT molecular complexity index is 1160. The number of aliphatic hydroxyl groups is 1. The summed E-state index contributed by atoms with van der Waals surface area (Å²) in [4.78, 5) is 12.9. The van der Waals surface area contributed by atoms with Gasteiger partial charge in [-0.25, -0.2) is 4.39 Å². The molecular weight excluding hydrogens is 425 g/mol. The summed E-state index contributed by atoms with van der Waals surface area (Å²) in [6.07, 6.45) is 8.74. The zero-order valence-electron chi connectivity index (χ0n) is 17.5. The molecule has 0 aromatic heterocycles. The lowest BCUT2D eigenvalue weighted by Gasteiger charge is -2.18. The Morgan fingerprint density at radius 2 is 1.67 bits per heavy atom. The van der Waals surface area contributed by atoms with Crippen molar-refractivity contribution < 1.29 is 29.2 Å². The number of carbonyl (C=O) groups excluding carboxylic acids is 1. The zero-order chi connectivity index (χ0) is 24.2. The fraction of sp³-hybridized carbons (Fsp3) is 0.115. The van der Waals surface area contributed by atoms with Gasteiger partial charge in [-0.15, -0.1) is 12.8 Å². The summed E-state index contributed by atoms with van der Waals surface area (Å²) in [5.74, 6) is 2.88. The average Bonchev–Trinajstić information content (AvgIpc) is 2.83. The number of anilines is 1. The van der Waals surface area contributed by atoms with E-state index >= 15 is 0 Å². The van der Waals surface area contributed by atoms with E-state index in [-0.39, 0.29) is 24.7 Å². The lowest BCUT2D eigenvalue weighted by molar-refractivity contribution is -0.126. The van der Waals surface area contributed by atoms with Gasteiger partial charge in [0, 0.05) is 11.3 Å². The molecule has 6 nitrogen and oxygen atoms in total. The predicted octanol–water partition coefficient (Wildman–Crippen LogP) is 3.85. The number of aliphatic hydroxyl groups excluding tert-OH is 1. The van der Waals surface area contributed by atoms with Crippen molar-refractivity contribution in [2.75, 3.05) is 18.5 Å². The molecule has 0 radical (unpaired) electrons. The second kappa shape index (κ2) is 12.5. The van der Waals surface area contributed by atoms with Crippen LogP contribution in [0.25, 0.3) is 11.1 Å². The summed E-state index contributed by atoms with van der Waals surface area (Å²) in [5, 5.41) is 29.7. The maximum absolute atomic E-state index is 13.2.